The Morgan fingerprint density at radius 2 is 1.48 bits per heavy atom. The van der Waals surface area contributed by atoms with E-state index in [2.05, 4.69) is 5.32 Å². The summed E-state index contributed by atoms with van der Waals surface area (Å²) in [5, 5.41) is 2.71. The largest absolute Gasteiger partial charge is 0.497 e. The third-order valence-electron chi connectivity index (χ3n) is 4.77. The Morgan fingerprint density at radius 3 is 2.13 bits per heavy atom. The zero-order valence-electron chi connectivity index (χ0n) is 17.4. The van der Waals surface area contributed by atoms with Crippen LogP contribution in [-0.2, 0) is 11.2 Å². The predicted octanol–water partition coefficient (Wildman–Crippen LogP) is 4.55. The van der Waals surface area contributed by atoms with Gasteiger partial charge in [-0.3, -0.25) is 9.59 Å². The summed E-state index contributed by atoms with van der Waals surface area (Å²) in [5.74, 6) is -0.732. The first-order valence-electron chi connectivity index (χ1n) is 9.85. The lowest BCUT2D eigenvalue weighted by atomic mass is 10.1. The second-order valence-electron chi connectivity index (χ2n) is 6.78. The molecule has 0 atom stereocenters. The van der Waals surface area contributed by atoms with Gasteiger partial charge in [-0.2, -0.15) is 0 Å². The molecule has 3 aromatic rings. The summed E-state index contributed by atoms with van der Waals surface area (Å²) in [6, 6.07) is 20.3. The van der Waals surface area contributed by atoms with Crippen LogP contribution in [-0.4, -0.2) is 31.4 Å². The van der Waals surface area contributed by atoms with E-state index >= 15 is 0 Å². The summed E-state index contributed by atoms with van der Waals surface area (Å²) in [6.07, 6.45) is 0.877. The average Bonchev–Trinajstić information content (AvgIpc) is 2.82. The number of esters is 1. The third kappa shape index (κ3) is 5.57. The minimum absolute atomic E-state index is 0.165. The van der Waals surface area contributed by atoms with Crippen LogP contribution in [0, 0.1) is 0 Å². The van der Waals surface area contributed by atoms with Crippen LogP contribution in [0.1, 0.15) is 43.6 Å². The van der Waals surface area contributed by atoms with E-state index in [9.17, 15) is 14.4 Å². The van der Waals surface area contributed by atoms with Crippen molar-refractivity contribution in [3.05, 3.63) is 95.1 Å². The molecule has 3 aromatic carbocycles. The number of nitrogens with one attached hydrogen (secondary N) is 1. The van der Waals surface area contributed by atoms with Crippen LogP contribution in [0.3, 0.4) is 0 Å². The lowest BCUT2D eigenvalue weighted by Crippen LogP contribution is -2.18. The second kappa shape index (κ2) is 10.2. The van der Waals surface area contributed by atoms with Crippen molar-refractivity contribution in [1.29, 1.82) is 0 Å². The van der Waals surface area contributed by atoms with E-state index in [1.165, 1.54) is 6.07 Å². The number of ether oxygens (including phenoxy) is 2. The summed E-state index contributed by atoms with van der Waals surface area (Å²) in [6.45, 7) is 1.65. The van der Waals surface area contributed by atoms with E-state index in [0.29, 0.717) is 22.6 Å². The van der Waals surface area contributed by atoms with Gasteiger partial charge in [0.05, 0.1) is 18.4 Å². The van der Waals surface area contributed by atoms with Gasteiger partial charge in [0.1, 0.15) is 5.75 Å². The SMILES string of the molecule is CCc1ccc(C(=O)COC(=O)c2ccccc2NC(=O)c2ccc(OC)cc2)cc1. The number of hydrogen-bond acceptors (Lipinski definition) is 5. The number of para-hydroxylation sites is 1. The maximum absolute atomic E-state index is 12.6. The van der Waals surface area contributed by atoms with Crippen molar-refractivity contribution < 1.29 is 23.9 Å². The maximum Gasteiger partial charge on any atom is 0.340 e. The van der Waals surface area contributed by atoms with E-state index in [-0.39, 0.29) is 23.9 Å². The first-order chi connectivity index (χ1) is 15.0. The molecule has 0 saturated carbocycles. The van der Waals surface area contributed by atoms with Crippen LogP contribution in [0.5, 0.6) is 5.75 Å². The quantitative estimate of drug-likeness (QED) is 0.430. The molecule has 3 rings (SSSR count). The zero-order chi connectivity index (χ0) is 22.2. The van der Waals surface area contributed by atoms with E-state index < -0.39 is 5.97 Å². The van der Waals surface area contributed by atoms with Crippen LogP contribution in [0.15, 0.2) is 72.8 Å². The number of ketones is 1. The van der Waals surface area contributed by atoms with Gasteiger partial charge >= 0.3 is 5.97 Å². The highest BCUT2D eigenvalue weighted by atomic mass is 16.5. The van der Waals surface area contributed by atoms with Gasteiger partial charge in [0.15, 0.2) is 12.4 Å². The summed E-state index contributed by atoms with van der Waals surface area (Å²) >= 11 is 0. The standard InChI is InChI=1S/C25H23NO5/c1-3-17-8-10-18(11-9-17)23(27)16-31-25(29)21-6-4-5-7-22(21)26-24(28)19-12-14-20(30-2)15-13-19/h4-15H,3,16H2,1-2H3,(H,26,28). The maximum atomic E-state index is 12.6. The summed E-state index contributed by atoms with van der Waals surface area (Å²) in [7, 11) is 1.54. The Bertz CT molecular complexity index is 1070. The van der Waals surface area contributed by atoms with Gasteiger partial charge in [-0.05, 0) is 48.4 Å². The van der Waals surface area contributed by atoms with Crippen molar-refractivity contribution in [3.63, 3.8) is 0 Å². The molecule has 0 bridgehead atoms. The molecule has 1 N–H and O–H groups in total. The Morgan fingerprint density at radius 1 is 0.839 bits per heavy atom. The highest BCUT2D eigenvalue weighted by molar-refractivity contribution is 6.08. The fourth-order valence-electron chi connectivity index (χ4n) is 2.93. The number of aryl methyl sites for hydroxylation is 1. The molecule has 6 heteroatoms. The Hall–Kier alpha value is -3.93. The number of carbonyl (C=O) groups excluding carboxylic acids is 3. The summed E-state index contributed by atoms with van der Waals surface area (Å²) in [4.78, 5) is 37.4. The van der Waals surface area contributed by atoms with Crippen molar-refractivity contribution >= 4 is 23.3 Å². The molecule has 31 heavy (non-hydrogen) atoms. The highest BCUT2D eigenvalue weighted by Crippen LogP contribution is 2.19. The van der Waals surface area contributed by atoms with Crippen molar-refractivity contribution in [1.82, 2.24) is 0 Å². The molecule has 0 aliphatic rings. The van der Waals surface area contributed by atoms with Gasteiger partial charge in [-0.25, -0.2) is 4.79 Å². The molecule has 0 saturated heterocycles. The molecule has 0 heterocycles. The zero-order valence-corrected chi connectivity index (χ0v) is 17.4. The van der Waals surface area contributed by atoms with E-state index in [1.54, 1.807) is 61.7 Å². The number of benzene rings is 3. The van der Waals surface area contributed by atoms with E-state index in [1.807, 2.05) is 19.1 Å². The van der Waals surface area contributed by atoms with E-state index in [4.69, 9.17) is 9.47 Å². The first kappa shape index (κ1) is 21.8. The molecule has 158 valence electrons. The fourth-order valence-corrected chi connectivity index (χ4v) is 2.93. The second-order valence-corrected chi connectivity index (χ2v) is 6.78. The van der Waals surface area contributed by atoms with Crippen LogP contribution < -0.4 is 10.1 Å². The minimum atomic E-state index is -0.691. The monoisotopic (exact) mass is 417 g/mol. The molecule has 1 amide bonds. The smallest absolute Gasteiger partial charge is 0.340 e. The topological polar surface area (TPSA) is 81.7 Å². The molecule has 0 radical (unpaired) electrons. The third-order valence-corrected chi connectivity index (χ3v) is 4.77. The highest BCUT2D eigenvalue weighted by Gasteiger charge is 2.17. The first-order valence-corrected chi connectivity index (χ1v) is 9.85. The van der Waals surface area contributed by atoms with Crippen molar-refractivity contribution in [2.24, 2.45) is 0 Å². The molecule has 0 aliphatic carbocycles. The molecule has 6 nitrogen and oxygen atoms in total. The summed E-state index contributed by atoms with van der Waals surface area (Å²) in [5.41, 5.74) is 2.47. The van der Waals surface area contributed by atoms with Crippen molar-refractivity contribution in [2.75, 3.05) is 19.0 Å². The Kier molecular flexibility index (Phi) is 7.17. The average molecular weight is 417 g/mol. The predicted molar refractivity (Wildman–Crippen MR) is 118 cm³/mol. The minimum Gasteiger partial charge on any atom is -0.497 e. The van der Waals surface area contributed by atoms with Gasteiger partial charge in [0.2, 0.25) is 0 Å². The molecular weight excluding hydrogens is 394 g/mol. The molecule has 0 spiro atoms. The van der Waals surface area contributed by atoms with Gasteiger partial charge in [0.25, 0.3) is 5.91 Å². The van der Waals surface area contributed by atoms with Gasteiger partial charge in [0, 0.05) is 11.1 Å². The molecule has 0 fully saturated rings. The number of anilines is 1. The van der Waals surface area contributed by atoms with Crippen molar-refractivity contribution in [2.45, 2.75) is 13.3 Å². The number of rotatable bonds is 8. The van der Waals surface area contributed by atoms with Crippen molar-refractivity contribution in [3.8, 4) is 5.75 Å². The lowest BCUT2D eigenvalue weighted by molar-refractivity contribution is 0.0475. The normalized spacial score (nSPS) is 10.3. The van der Waals surface area contributed by atoms with Crippen LogP contribution >= 0.6 is 0 Å². The van der Waals surface area contributed by atoms with Gasteiger partial charge in [-0.1, -0.05) is 43.3 Å². The number of hydrogen-bond donors (Lipinski definition) is 1. The molecular formula is C25H23NO5. The van der Waals surface area contributed by atoms with Crippen LogP contribution in [0.2, 0.25) is 0 Å². The number of Topliss-reactive ketones (excluding diaryl/α,β-unsaturated/α-hetero) is 1. The molecule has 0 aliphatic heterocycles. The lowest BCUT2D eigenvalue weighted by Gasteiger charge is -2.11. The number of carbonyl (C=O) groups is 3. The molecule has 0 unspecified atom stereocenters. The summed E-state index contributed by atoms with van der Waals surface area (Å²) < 4.78 is 10.3. The van der Waals surface area contributed by atoms with E-state index in [0.717, 1.165) is 12.0 Å². The number of methoxy groups -OCH3 is 1. The Balaban J connectivity index is 1.66. The van der Waals surface area contributed by atoms with Crippen LogP contribution in [0.25, 0.3) is 0 Å². The van der Waals surface area contributed by atoms with Gasteiger partial charge in [-0.15, -0.1) is 0 Å². The van der Waals surface area contributed by atoms with Gasteiger partial charge < -0.3 is 14.8 Å². The molecule has 0 aromatic heterocycles. The number of amides is 1. The Labute approximate surface area is 180 Å². The fraction of sp³-hybridized carbons (Fsp3) is 0.160. The van der Waals surface area contributed by atoms with Crippen LogP contribution in [0.4, 0.5) is 5.69 Å².